The van der Waals surface area contributed by atoms with Gasteiger partial charge in [0.15, 0.2) is 0 Å². The lowest BCUT2D eigenvalue weighted by molar-refractivity contribution is 0.0224. The molecule has 1 fully saturated rings. The molecule has 2 aliphatic heterocycles. The van der Waals surface area contributed by atoms with E-state index >= 15 is 0 Å². The zero-order valence-electron chi connectivity index (χ0n) is 22.0. The first kappa shape index (κ1) is 26.2. The Morgan fingerprint density at radius 3 is 2.68 bits per heavy atom. The maximum Gasteiger partial charge on any atom is 0.410 e. The molecule has 2 aliphatic rings. The van der Waals surface area contributed by atoms with E-state index in [0.717, 1.165) is 47.5 Å². The van der Waals surface area contributed by atoms with Gasteiger partial charge in [0.05, 0.1) is 6.04 Å². The van der Waals surface area contributed by atoms with Crippen molar-refractivity contribution < 1.29 is 13.9 Å². The second-order valence-corrected chi connectivity index (χ2v) is 11.9. The molecule has 3 aromatic rings. The molecule has 4 heterocycles. The monoisotopic (exact) mass is 532 g/mol. The van der Waals surface area contributed by atoms with Gasteiger partial charge >= 0.3 is 6.09 Å². The van der Waals surface area contributed by atoms with Crippen molar-refractivity contribution in [3.63, 3.8) is 0 Å². The molecule has 0 spiro atoms. The Balaban J connectivity index is 1.58. The third kappa shape index (κ3) is 5.70. The average molecular weight is 533 g/mol. The highest BCUT2D eigenvalue weighted by Gasteiger charge is 2.35. The summed E-state index contributed by atoms with van der Waals surface area (Å²) in [5.41, 5.74) is 12.4. The highest BCUT2D eigenvalue weighted by Crippen LogP contribution is 2.41. The van der Waals surface area contributed by atoms with Crippen molar-refractivity contribution in [3.8, 4) is 22.3 Å². The fourth-order valence-electron chi connectivity index (χ4n) is 5.15. The summed E-state index contributed by atoms with van der Waals surface area (Å²) in [6.07, 6.45) is 7.98. The molecule has 1 amide bonds. The number of anilines is 1. The lowest BCUT2D eigenvalue weighted by Gasteiger charge is -2.30. The van der Waals surface area contributed by atoms with Crippen LogP contribution in [0.3, 0.4) is 0 Å². The first-order valence-electron chi connectivity index (χ1n) is 13.0. The molecule has 1 atom stereocenters. The molecule has 198 valence electrons. The summed E-state index contributed by atoms with van der Waals surface area (Å²) in [5, 5.41) is 0. The number of pyridine rings is 2. The van der Waals surface area contributed by atoms with Crippen molar-refractivity contribution in [3.05, 3.63) is 71.9 Å². The summed E-state index contributed by atoms with van der Waals surface area (Å²) in [6, 6.07) is 11.4. The van der Waals surface area contributed by atoms with Crippen LogP contribution in [0.1, 0.15) is 57.2 Å². The number of thioether (sulfide) groups is 1. The van der Waals surface area contributed by atoms with Crippen LogP contribution in [0.15, 0.2) is 54.9 Å². The average Bonchev–Trinajstić information content (AvgIpc) is 3.38. The van der Waals surface area contributed by atoms with E-state index in [-0.39, 0.29) is 12.1 Å². The fourth-order valence-corrected chi connectivity index (χ4v) is 6.00. The minimum atomic E-state index is -0.568. The molecular weight excluding hydrogens is 499 g/mol. The second-order valence-electron chi connectivity index (χ2n) is 10.7. The minimum Gasteiger partial charge on any atom is -0.444 e. The van der Waals surface area contributed by atoms with Gasteiger partial charge in [-0.15, -0.1) is 0 Å². The number of allylic oxidation sites excluding steroid dienone is 1. The van der Waals surface area contributed by atoms with Crippen LogP contribution in [0.5, 0.6) is 0 Å². The van der Waals surface area contributed by atoms with Crippen molar-refractivity contribution in [2.24, 2.45) is 0 Å². The number of hydrogen-bond donors (Lipinski definition) is 1. The number of benzene rings is 1. The molecule has 2 N–H and O–H groups in total. The fraction of sp³-hybridized carbons (Fsp3) is 0.367. The summed E-state index contributed by atoms with van der Waals surface area (Å²) in [7, 11) is 0. The van der Waals surface area contributed by atoms with Gasteiger partial charge in [-0.25, -0.2) is 14.8 Å². The number of likely N-dealkylation sites (tertiary alicyclic amines) is 1. The van der Waals surface area contributed by atoms with E-state index in [9.17, 15) is 9.18 Å². The van der Waals surface area contributed by atoms with E-state index in [4.69, 9.17) is 10.5 Å². The van der Waals surface area contributed by atoms with Gasteiger partial charge in [-0.2, -0.15) is 16.2 Å². The van der Waals surface area contributed by atoms with Gasteiger partial charge in [0.2, 0.25) is 5.95 Å². The Hall–Kier alpha value is -3.39. The van der Waals surface area contributed by atoms with Gasteiger partial charge in [-0.05, 0) is 91.8 Å². The van der Waals surface area contributed by atoms with E-state index in [1.807, 2.05) is 43.5 Å². The highest BCUT2D eigenvalue weighted by atomic mass is 32.2. The molecule has 6 nitrogen and oxygen atoms in total. The van der Waals surface area contributed by atoms with Crippen molar-refractivity contribution >= 4 is 29.2 Å². The molecule has 1 saturated heterocycles. The number of carbonyl (C=O) groups excluding carboxylic acids is 1. The van der Waals surface area contributed by atoms with Crippen LogP contribution in [0, 0.1) is 5.95 Å². The minimum absolute atomic E-state index is 0.0780. The van der Waals surface area contributed by atoms with Gasteiger partial charge < -0.3 is 15.4 Å². The van der Waals surface area contributed by atoms with E-state index in [1.54, 1.807) is 12.3 Å². The zero-order chi connectivity index (χ0) is 26.9. The largest absolute Gasteiger partial charge is 0.444 e. The maximum atomic E-state index is 13.8. The predicted octanol–water partition coefficient (Wildman–Crippen LogP) is 7.12. The van der Waals surface area contributed by atoms with Crippen molar-refractivity contribution in [1.29, 1.82) is 0 Å². The number of amides is 1. The van der Waals surface area contributed by atoms with E-state index in [2.05, 4.69) is 34.2 Å². The lowest BCUT2D eigenvalue weighted by atomic mass is 9.89. The summed E-state index contributed by atoms with van der Waals surface area (Å²) in [6.45, 7) is 6.35. The van der Waals surface area contributed by atoms with Crippen LogP contribution in [0.25, 0.3) is 27.8 Å². The summed E-state index contributed by atoms with van der Waals surface area (Å²) in [5.74, 6) is 1.83. The number of rotatable bonds is 4. The predicted molar refractivity (Wildman–Crippen MR) is 152 cm³/mol. The normalized spacial score (nSPS) is 17.8. The second kappa shape index (κ2) is 10.8. The molecule has 0 saturated carbocycles. The Labute approximate surface area is 227 Å². The topological polar surface area (TPSA) is 81.3 Å². The molecule has 5 rings (SSSR count). The van der Waals surface area contributed by atoms with Crippen LogP contribution in [-0.4, -0.2) is 44.6 Å². The van der Waals surface area contributed by atoms with Crippen LogP contribution in [0.4, 0.5) is 15.0 Å². The number of aromatic nitrogens is 2. The third-order valence-electron chi connectivity index (χ3n) is 6.89. The van der Waals surface area contributed by atoms with Crippen LogP contribution >= 0.6 is 11.8 Å². The van der Waals surface area contributed by atoms with Crippen molar-refractivity contribution in [2.45, 2.75) is 51.7 Å². The summed E-state index contributed by atoms with van der Waals surface area (Å²) in [4.78, 5) is 23.1. The van der Waals surface area contributed by atoms with Crippen LogP contribution in [-0.2, 0) is 4.74 Å². The van der Waals surface area contributed by atoms with E-state index in [1.165, 1.54) is 23.4 Å². The Kier molecular flexibility index (Phi) is 7.43. The van der Waals surface area contributed by atoms with E-state index in [0.29, 0.717) is 23.5 Å². The Bertz CT molecular complexity index is 1380. The quantitative estimate of drug-likeness (QED) is 0.360. The molecular formula is C30H33FN4O2S. The Morgan fingerprint density at radius 1 is 1.11 bits per heavy atom. The summed E-state index contributed by atoms with van der Waals surface area (Å²) >= 11 is 1.93. The molecule has 0 unspecified atom stereocenters. The number of ether oxygens (including phenoxy) is 1. The first-order chi connectivity index (χ1) is 18.2. The first-order valence-corrected chi connectivity index (χ1v) is 14.1. The number of nitrogen functional groups attached to an aromatic ring is 1. The number of nitrogens with two attached hydrogens (primary N) is 1. The molecule has 8 heteroatoms. The van der Waals surface area contributed by atoms with Gasteiger partial charge in [-0.1, -0.05) is 18.2 Å². The van der Waals surface area contributed by atoms with Gasteiger partial charge in [0.1, 0.15) is 11.4 Å². The van der Waals surface area contributed by atoms with E-state index < -0.39 is 11.5 Å². The molecule has 0 radical (unpaired) electrons. The number of nitrogens with zero attached hydrogens (tertiary/aromatic N) is 3. The molecule has 0 aliphatic carbocycles. The smallest absolute Gasteiger partial charge is 0.410 e. The number of hydrogen-bond acceptors (Lipinski definition) is 6. The molecule has 1 aromatic carbocycles. The number of carbonyl (C=O) groups is 1. The van der Waals surface area contributed by atoms with Gasteiger partial charge in [0.25, 0.3) is 0 Å². The molecule has 2 aromatic heterocycles. The van der Waals surface area contributed by atoms with Crippen LogP contribution < -0.4 is 5.73 Å². The van der Waals surface area contributed by atoms with Crippen molar-refractivity contribution in [2.75, 3.05) is 23.8 Å². The lowest BCUT2D eigenvalue weighted by Crippen LogP contribution is -2.36. The van der Waals surface area contributed by atoms with Crippen LogP contribution in [0.2, 0.25) is 0 Å². The van der Waals surface area contributed by atoms with Gasteiger partial charge in [0, 0.05) is 41.9 Å². The standard InChI is InChI=1S/C30H33FN4O2S/c1-30(2,3)37-29(36)35-12-4-5-26(35)25-15-20(6-7-23(25)19-9-13-38-14-10-19)22-16-24(28(32)34-18-22)21-8-11-33-27(31)17-21/h6-9,11,15-18,26H,4-5,10,12-14H2,1-3H3,(H2,32,34)/t26-/m0/s1. The van der Waals surface area contributed by atoms with Gasteiger partial charge in [-0.3, -0.25) is 0 Å². The van der Waals surface area contributed by atoms with Crippen molar-refractivity contribution in [1.82, 2.24) is 14.9 Å². The maximum absolute atomic E-state index is 13.8. The SMILES string of the molecule is CC(C)(C)OC(=O)N1CCC[C@H]1c1cc(-c2cnc(N)c(-c3ccnc(F)c3)c2)ccc1C1=CCSCC1. The third-order valence-corrected chi connectivity index (χ3v) is 7.79. The highest BCUT2D eigenvalue weighted by molar-refractivity contribution is 7.99. The number of halogens is 1. The summed E-state index contributed by atoms with van der Waals surface area (Å²) < 4.78 is 19.6. The Morgan fingerprint density at radius 2 is 1.95 bits per heavy atom. The zero-order valence-corrected chi connectivity index (χ0v) is 22.9. The molecule has 38 heavy (non-hydrogen) atoms. The molecule has 0 bridgehead atoms.